The Kier molecular flexibility index (Phi) is 4.86. The number of rotatable bonds is 5. The molecule has 6 heteroatoms. The van der Waals surface area contributed by atoms with Crippen LogP contribution in [0.15, 0.2) is 67.4 Å². The van der Waals surface area contributed by atoms with Gasteiger partial charge in [0, 0.05) is 25.1 Å². The number of aromatic nitrogens is 3. The summed E-state index contributed by atoms with van der Waals surface area (Å²) < 4.78 is 1.82. The third-order valence-electron chi connectivity index (χ3n) is 3.68. The van der Waals surface area contributed by atoms with Crippen LogP contribution >= 0.6 is 0 Å². The van der Waals surface area contributed by atoms with Gasteiger partial charge in [-0.1, -0.05) is 36.4 Å². The van der Waals surface area contributed by atoms with E-state index < -0.39 is 0 Å². The maximum Gasteiger partial charge on any atom is 0.315 e. The summed E-state index contributed by atoms with van der Waals surface area (Å²) in [5.41, 5.74) is 2.00. The Bertz CT molecular complexity index is 769. The van der Waals surface area contributed by atoms with Crippen molar-refractivity contribution in [3.63, 3.8) is 0 Å². The number of nitrogens with zero attached hydrogens (tertiary/aromatic N) is 3. The number of carbonyl (C=O) groups excluding carboxylic acids is 1. The smallest absolute Gasteiger partial charge is 0.315 e. The molecule has 0 bridgehead atoms. The zero-order valence-electron chi connectivity index (χ0n) is 13.4. The first-order valence-electron chi connectivity index (χ1n) is 7.75. The van der Waals surface area contributed by atoms with Gasteiger partial charge in [-0.15, -0.1) is 0 Å². The molecule has 1 atom stereocenters. The van der Waals surface area contributed by atoms with Crippen molar-refractivity contribution in [2.24, 2.45) is 0 Å². The first-order chi connectivity index (χ1) is 11.7. The fourth-order valence-electron chi connectivity index (χ4n) is 2.32. The zero-order valence-corrected chi connectivity index (χ0v) is 13.4. The van der Waals surface area contributed by atoms with Crippen molar-refractivity contribution in [1.82, 2.24) is 25.2 Å². The van der Waals surface area contributed by atoms with Crippen molar-refractivity contribution in [1.29, 1.82) is 0 Å². The van der Waals surface area contributed by atoms with Crippen LogP contribution in [-0.4, -0.2) is 20.6 Å². The van der Waals surface area contributed by atoms with Crippen LogP contribution in [0.4, 0.5) is 4.79 Å². The number of benzene rings is 1. The van der Waals surface area contributed by atoms with E-state index in [0.29, 0.717) is 6.54 Å². The average molecular weight is 321 g/mol. The normalized spacial score (nSPS) is 11.7. The Labute approximate surface area is 140 Å². The number of hydrogen-bond donors (Lipinski definition) is 2. The summed E-state index contributed by atoms with van der Waals surface area (Å²) in [6.07, 6.45) is 6.98. The Balaban J connectivity index is 1.51. The first kappa shape index (κ1) is 15.7. The van der Waals surface area contributed by atoms with Gasteiger partial charge in [-0.25, -0.2) is 14.8 Å². The molecule has 0 saturated carbocycles. The van der Waals surface area contributed by atoms with Gasteiger partial charge in [0.05, 0.1) is 6.04 Å². The number of pyridine rings is 1. The molecular formula is C18H19N5O. The van der Waals surface area contributed by atoms with E-state index in [-0.39, 0.29) is 12.1 Å². The topological polar surface area (TPSA) is 71.8 Å². The van der Waals surface area contributed by atoms with Crippen LogP contribution in [0.1, 0.15) is 24.1 Å². The quantitative estimate of drug-likeness (QED) is 0.759. The standard InChI is InChI=1S/C18H19N5O/c1-14(16-5-3-2-4-6-16)22-18(24)21-12-15-7-8-17(20-11-15)23-10-9-19-13-23/h2-11,13-14H,12H2,1H3,(H2,21,22,24). The van der Waals surface area contributed by atoms with E-state index >= 15 is 0 Å². The molecule has 0 fully saturated rings. The first-order valence-corrected chi connectivity index (χ1v) is 7.75. The molecule has 0 aliphatic carbocycles. The van der Waals surface area contributed by atoms with Crippen LogP contribution in [-0.2, 0) is 6.54 Å². The summed E-state index contributed by atoms with van der Waals surface area (Å²) in [4.78, 5) is 20.3. The molecule has 1 unspecified atom stereocenters. The largest absolute Gasteiger partial charge is 0.334 e. The van der Waals surface area contributed by atoms with E-state index in [9.17, 15) is 4.79 Å². The summed E-state index contributed by atoms with van der Waals surface area (Å²) in [7, 11) is 0. The van der Waals surface area contributed by atoms with Crippen molar-refractivity contribution in [3.8, 4) is 5.82 Å². The Morgan fingerprint density at radius 1 is 1.21 bits per heavy atom. The maximum absolute atomic E-state index is 12.0. The number of hydrogen-bond acceptors (Lipinski definition) is 3. The van der Waals surface area contributed by atoms with Crippen LogP contribution in [0.3, 0.4) is 0 Å². The summed E-state index contributed by atoms with van der Waals surface area (Å²) in [6, 6.07) is 13.4. The lowest BCUT2D eigenvalue weighted by atomic mass is 10.1. The molecule has 3 aromatic rings. The predicted octanol–water partition coefficient (Wildman–Crippen LogP) is 2.83. The Morgan fingerprint density at radius 2 is 2.04 bits per heavy atom. The highest BCUT2D eigenvalue weighted by Crippen LogP contribution is 2.10. The van der Waals surface area contributed by atoms with E-state index in [4.69, 9.17) is 0 Å². The van der Waals surface area contributed by atoms with Gasteiger partial charge in [0.2, 0.25) is 0 Å². The van der Waals surface area contributed by atoms with Gasteiger partial charge in [0.1, 0.15) is 12.1 Å². The van der Waals surface area contributed by atoms with Crippen LogP contribution < -0.4 is 10.6 Å². The lowest BCUT2D eigenvalue weighted by Gasteiger charge is -2.15. The van der Waals surface area contributed by atoms with Gasteiger partial charge in [0.15, 0.2) is 0 Å². The van der Waals surface area contributed by atoms with Crippen LogP contribution in [0.2, 0.25) is 0 Å². The number of carbonyl (C=O) groups is 1. The van der Waals surface area contributed by atoms with Gasteiger partial charge in [0.25, 0.3) is 0 Å². The molecule has 122 valence electrons. The van der Waals surface area contributed by atoms with E-state index in [0.717, 1.165) is 16.9 Å². The van der Waals surface area contributed by atoms with Gasteiger partial charge in [-0.05, 0) is 24.1 Å². The summed E-state index contributed by atoms with van der Waals surface area (Å²) in [5.74, 6) is 0.790. The van der Waals surface area contributed by atoms with Gasteiger partial charge < -0.3 is 10.6 Å². The van der Waals surface area contributed by atoms with Crippen molar-refractivity contribution >= 4 is 6.03 Å². The molecule has 1 aromatic carbocycles. The fraction of sp³-hybridized carbons (Fsp3) is 0.167. The lowest BCUT2D eigenvalue weighted by molar-refractivity contribution is 0.237. The minimum atomic E-state index is -0.204. The zero-order chi connectivity index (χ0) is 16.8. The molecule has 6 nitrogen and oxygen atoms in total. The van der Waals surface area contributed by atoms with Gasteiger partial charge in [-0.2, -0.15) is 0 Å². The summed E-state index contributed by atoms with van der Waals surface area (Å²) in [5, 5.41) is 5.76. The van der Waals surface area contributed by atoms with Crippen molar-refractivity contribution in [2.45, 2.75) is 19.5 Å². The fourth-order valence-corrected chi connectivity index (χ4v) is 2.32. The second kappa shape index (κ2) is 7.41. The second-order valence-corrected chi connectivity index (χ2v) is 5.45. The number of imidazole rings is 1. The lowest BCUT2D eigenvalue weighted by Crippen LogP contribution is -2.36. The molecule has 24 heavy (non-hydrogen) atoms. The van der Waals surface area contributed by atoms with E-state index in [1.807, 2.05) is 60.2 Å². The van der Waals surface area contributed by atoms with Crippen molar-refractivity contribution in [3.05, 3.63) is 78.5 Å². The second-order valence-electron chi connectivity index (χ2n) is 5.45. The van der Waals surface area contributed by atoms with E-state index in [1.165, 1.54) is 0 Å². The van der Waals surface area contributed by atoms with Crippen LogP contribution in [0.25, 0.3) is 5.82 Å². The number of amides is 2. The van der Waals surface area contributed by atoms with E-state index in [2.05, 4.69) is 20.6 Å². The predicted molar refractivity (Wildman–Crippen MR) is 91.6 cm³/mol. The number of urea groups is 1. The third kappa shape index (κ3) is 3.98. The summed E-state index contributed by atoms with van der Waals surface area (Å²) >= 11 is 0. The van der Waals surface area contributed by atoms with Gasteiger partial charge in [-0.3, -0.25) is 4.57 Å². The minimum absolute atomic E-state index is 0.0482. The van der Waals surface area contributed by atoms with E-state index in [1.54, 1.807) is 18.7 Å². The molecule has 2 N–H and O–H groups in total. The molecule has 2 heterocycles. The van der Waals surface area contributed by atoms with Gasteiger partial charge >= 0.3 is 6.03 Å². The van der Waals surface area contributed by atoms with Crippen LogP contribution in [0.5, 0.6) is 0 Å². The molecule has 0 aliphatic rings. The van der Waals surface area contributed by atoms with Crippen molar-refractivity contribution < 1.29 is 4.79 Å². The SMILES string of the molecule is CC(NC(=O)NCc1ccc(-n2ccnc2)nc1)c1ccccc1. The Hall–Kier alpha value is -3.15. The molecular weight excluding hydrogens is 302 g/mol. The molecule has 2 amide bonds. The highest BCUT2D eigenvalue weighted by molar-refractivity contribution is 5.74. The molecule has 0 saturated heterocycles. The number of nitrogens with one attached hydrogen (secondary N) is 2. The third-order valence-corrected chi connectivity index (χ3v) is 3.68. The highest BCUT2D eigenvalue weighted by atomic mass is 16.2. The summed E-state index contributed by atoms with van der Waals surface area (Å²) in [6.45, 7) is 2.38. The molecule has 2 aromatic heterocycles. The van der Waals surface area contributed by atoms with Crippen LogP contribution in [0, 0.1) is 0 Å². The average Bonchev–Trinajstić information content (AvgIpc) is 3.16. The Morgan fingerprint density at radius 3 is 2.71 bits per heavy atom. The maximum atomic E-state index is 12.0. The highest BCUT2D eigenvalue weighted by Gasteiger charge is 2.08. The molecule has 0 aliphatic heterocycles. The molecule has 0 radical (unpaired) electrons. The van der Waals surface area contributed by atoms with Crippen molar-refractivity contribution in [2.75, 3.05) is 0 Å². The monoisotopic (exact) mass is 321 g/mol. The minimum Gasteiger partial charge on any atom is -0.334 e. The molecule has 0 spiro atoms. The molecule has 3 rings (SSSR count).